The van der Waals surface area contributed by atoms with E-state index in [2.05, 4.69) is 4.74 Å². The molecule has 0 fully saturated rings. The lowest BCUT2D eigenvalue weighted by Gasteiger charge is -2.08. The highest BCUT2D eigenvalue weighted by atomic mass is 16.5. The molecule has 0 aromatic heterocycles. The van der Waals surface area contributed by atoms with Crippen molar-refractivity contribution in [1.29, 1.82) is 0 Å². The smallest absolute Gasteiger partial charge is 0.375 e. The van der Waals surface area contributed by atoms with Gasteiger partial charge in [0.15, 0.2) is 0 Å². The number of ketones is 1. The number of hydrogen-bond donors (Lipinski definition) is 1. The summed E-state index contributed by atoms with van der Waals surface area (Å²) in [7, 11) is 0. The molecule has 0 amide bonds. The number of hydrogen-bond acceptors (Lipinski definition) is 4. The van der Waals surface area contributed by atoms with E-state index in [0.29, 0.717) is 6.42 Å². The first-order valence-corrected chi connectivity index (χ1v) is 4.48. The molecule has 5 nitrogen and oxygen atoms in total. The highest BCUT2D eigenvalue weighted by molar-refractivity contribution is 6.37. The number of aliphatic carboxylic acids is 1. The normalized spacial score (nSPS) is 11.9. The quantitative estimate of drug-likeness (QED) is 0.388. The van der Waals surface area contributed by atoms with Gasteiger partial charge in [0.2, 0.25) is 0 Å². The Morgan fingerprint density at radius 2 is 1.86 bits per heavy atom. The Hall–Kier alpha value is -1.39. The summed E-state index contributed by atoms with van der Waals surface area (Å²) in [5.41, 5.74) is 0. The first kappa shape index (κ1) is 12.6. The van der Waals surface area contributed by atoms with Crippen LogP contribution >= 0.6 is 0 Å². The maximum absolute atomic E-state index is 11.2. The molecule has 1 atom stereocenters. The number of carboxylic acids is 1. The van der Waals surface area contributed by atoms with E-state index >= 15 is 0 Å². The SMILES string of the molecule is CCCC(C(=O)O)C(=O)C(=O)OCC. The number of Topliss-reactive ketones (excluding diaryl/α,β-unsaturated/α-hetero) is 1. The van der Waals surface area contributed by atoms with Gasteiger partial charge in [-0.25, -0.2) is 4.79 Å². The fourth-order valence-electron chi connectivity index (χ4n) is 1.000. The Bertz CT molecular complexity index is 233. The second kappa shape index (κ2) is 6.12. The molecule has 0 saturated heterocycles. The maximum atomic E-state index is 11.2. The topological polar surface area (TPSA) is 80.7 Å². The third kappa shape index (κ3) is 3.55. The van der Waals surface area contributed by atoms with Gasteiger partial charge in [0.1, 0.15) is 5.92 Å². The summed E-state index contributed by atoms with van der Waals surface area (Å²) in [4.78, 5) is 32.7. The Morgan fingerprint density at radius 3 is 2.21 bits per heavy atom. The van der Waals surface area contributed by atoms with E-state index in [9.17, 15) is 14.4 Å². The van der Waals surface area contributed by atoms with Gasteiger partial charge in [-0.3, -0.25) is 9.59 Å². The molecule has 14 heavy (non-hydrogen) atoms. The van der Waals surface area contributed by atoms with Crippen molar-refractivity contribution >= 4 is 17.7 Å². The molecule has 5 heteroatoms. The molecule has 0 aliphatic rings. The van der Waals surface area contributed by atoms with Crippen LogP contribution in [0, 0.1) is 5.92 Å². The number of carbonyl (C=O) groups is 3. The van der Waals surface area contributed by atoms with Gasteiger partial charge in [-0.2, -0.15) is 0 Å². The Labute approximate surface area is 82.1 Å². The van der Waals surface area contributed by atoms with Crippen LogP contribution in [0.4, 0.5) is 0 Å². The monoisotopic (exact) mass is 202 g/mol. The molecule has 0 aromatic rings. The minimum atomic E-state index is -1.27. The predicted octanol–water partition coefficient (Wildman–Crippen LogP) is 0.619. The van der Waals surface area contributed by atoms with E-state index in [1.807, 2.05) is 0 Å². The molecule has 0 aliphatic heterocycles. The number of rotatable bonds is 6. The van der Waals surface area contributed by atoms with Crippen molar-refractivity contribution in [3.8, 4) is 0 Å². The minimum Gasteiger partial charge on any atom is -0.481 e. The van der Waals surface area contributed by atoms with Gasteiger partial charge < -0.3 is 9.84 Å². The second-order valence-corrected chi connectivity index (χ2v) is 2.76. The molecule has 0 aromatic carbocycles. The van der Waals surface area contributed by atoms with Gasteiger partial charge in [0, 0.05) is 0 Å². The molecule has 1 N–H and O–H groups in total. The maximum Gasteiger partial charge on any atom is 0.375 e. The van der Waals surface area contributed by atoms with E-state index in [-0.39, 0.29) is 13.0 Å². The number of carbonyl (C=O) groups excluding carboxylic acids is 2. The van der Waals surface area contributed by atoms with Crippen LogP contribution in [0.5, 0.6) is 0 Å². The van der Waals surface area contributed by atoms with E-state index in [1.165, 1.54) is 0 Å². The summed E-state index contributed by atoms with van der Waals surface area (Å²) in [5.74, 6) is -4.57. The number of carboxylic acid groups (broad SMARTS) is 1. The Balaban J connectivity index is 4.43. The van der Waals surface area contributed by atoms with E-state index in [4.69, 9.17) is 5.11 Å². The summed E-state index contributed by atoms with van der Waals surface area (Å²) in [6.45, 7) is 3.37. The summed E-state index contributed by atoms with van der Waals surface area (Å²) in [6, 6.07) is 0. The van der Waals surface area contributed by atoms with Crippen molar-refractivity contribution in [2.45, 2.75) is 26.7 Å². The van der Waals surface area contributed by atoms with Gasteiger partial charge in [0.05, 0.1) is 6.61 Å². The lowest BCUT2D eigenvalue weighted by Crippen LogP contribution is -2.31. The van der Waals surface area contributed by atoms with Crippen molar-refractivity contribution in [3.05, 3.63) is 0 Å². The highest BCUT2D eigenvalue weighted by Crippen LogP contribution is 2.09. The van der Waals surface area contributed by atoms with Crippen molar-refractivity contribution in [2.75, 3.05) is 6.61 Å². The molecule has 0 bridgehead atoms. The third-order valence-electron chi connectivity index (χ3n) is 1.67. The summed E-state index contributed by atoms with van der Waals surface area (Å²) >= 11 is 0. The van der Waals surface area contributed by atoms with Crippen LogP contribution in [-0.2, 0) is 19.1 Å². The molecule has 1 unspecified atom stereocenters. The zero-order valence-corrected chi connectivity index (χ0v) is 8.28. The van der Waals surface area contributed by atoms with Crippen LogP contribution in [0.1, 0.15) is 26.7 Å². The Morgan fingerprint density at radius 1 is 1.29 bits per heavy atom. The van der Waals surface area contributed by atoms with Gasteiger partial charge in [-0.15, -0.1) is 0 Å². The van der Waals surface area contributed by atoms with Crippen molar-refractivity contribution in [1.82, 2.24) is 0 Å². The van der Waals surface area contributed by atoms with Crippen molar-refractivity contribution in [2.24, 2.45) is 5.92 Å². The molecule has 0 radical (unpaired) electrons. The number of esters is 1. The zero-order valence-electron chi connectivity index (χ0n) is 8.28. The summed E-state index contributed by atoms with van der Waals surface area (Å²) < 4.78 is 4.43. The first-order valence-electron chi connectivity index (χ1n) is 4.48. The molecular formula is C9H14O5. The third-order valence-corrected chi connectivity index (χ3v) is 1.67. The largest absolute Gasteiger partial charge is 0.481 e. The Kier molecular flexibility index (Phi) is 5.52. The first-order chi connectivity index (χ1) is 6.54. The molecule has 0 heterocycles. The van der Waals surface area contributed by atoms with Crippen LogP contribution in [-0.4, -0.2) is 29.4 Å². The molecule has 0 spiro atoms. The summed E-state index contributed by atoms with van der Waals surface area (Å²) in [6.07, 6.45) is 0.690. The zero-order chi connectivity index (χ0) is 11.1. The molecule has 0 saturated carbocycles. The molecule has 0 aliphatic carbocycles. The molecular weight excluding hydrogens is 188 g/mol. The van der Waals surface area contributed by atoms with Gasteiger partial charge in [0.25, 0.3) is 5.78 Å². The van der Waals surface area contributed by atoms with E-state index in [0.717, 1.165) is 0 Å². The van der Waals surface area contributed by atoms with E-state index < -0.39 is 23.6 Å². The van der Waals surface area contributed by atoms with Crippen LogP contribution in [0.25, 0.3) is 0 Å². The van der Waals surface area contributed by atoms with Gasteiger partial charge in [-0.1, -0.05) is 13.3 Å². The van der Waals surface area contributed by atoms with Crippen LogP contribution < -0.4 is 0 Å². The second-order valence-electron chi connectivity index (χ2n) is 2.76. The predicted molar refractivity (Wildman–Crippen MR) is 47.7 cm³/mol. The van der Waals surface area contributed by atoms with Crippen LogP contribution in [0.2, 0.25) is 0 Å². The standard InChI is InChI=1S/C9H14O5/c1-3-5-6(8(11)12)7(10)9(13)14-4-2/h6H,3-5H2,1-2H3,(H,11,12). The average molecular weight is 202 g/mol. The minimum absolute atomic E-state index is 0.0725. The lowest BCUT2D eigenvalue weighted by atomic mass is 9.99. The van der Waals surface area contributed by atoms with Crippen molar-refractivity contribution < 1.29 is 24.2 Å². The van der Waals surface area contributed by atoms with Crippen LogP contribution in [0.15, 0.2) is 0 Å². The fraction of sp³-hybridized carbons (Fsp3) is 0.667. The lowest BCUT2D eigenvalue weighted by molar-refractivity contribution is -0.160. The van der Waals surface area contributed by atoms with Gasteiger partial charge in [-0.05, 0) is 13.3 Å². The van der Waals surface area contributed by atoms with Crippen LogP contribution in [0.3, 0.4) is 0 Å². The molecule has 80 valence electrons. The fourth-order valence-corrected chi connectivity index (χ4v) is 1.000. The van der Waals surface area contributed by atoms with Gasteiger partial charge >= 0.3 is 11.9 Å². The summed E-state index contributed by atoms with van der Waals surface area (Å²) in [5, 5.41) is 8.66. The van der Waals surface area contributed by atoms with E-state index in [1.54, 1.807) is 13.8 Å². The van der Waals surface area contributed by atoms with Crippen molar-refractivity contribution in [3.63, 3.8) is 0 Å². The highest BCUT2D eigenvalue weighted by Gasteiger charge is 2.31. The average Bonchev–Trinajstić information content (AvgIpc) is 2.13. The molecule has 0 rings (SSSR count). The number of ether oxygens (including phenoxy) is 1.